The molecule has 13 heteroatoms. The Morgan fingerprint density at radius 1 is 1.03 bits per heavy atom. The zero-order chi connectivity index (χ0) is 27.3. The van der Waals surface area contributed by atoms with Gasteiger partial charge in [0.1, 0.15) is 17.6 Å². The SMILES string of the molecule is COc1cc(Cn2ncc3cnc(-c4c(OC)ncnc4C4CC4)nc32)ccc1-c1cn(C)c(C(F)(F)F)n1. The number of alkyl halides is 3. The lowest BCUT2D eigenvalue weighted by atomic mass is 10.1. The molecule has 0 bridgehead atoms. The van der Waals surface area contributed by atoms with Crippen molar-refractivity contribution in [3.8, 4) is 34.3 Å². The first-order valence-corrected chi connectivity index (χ1v) is 12.1. The Morgan fingerprint density at radius 2 is 1.85 bits per heavy atom. The standard InChI is InChI=1S/C26H23F3N8O2/c1-36-12-18(34-25(36)26(27,28)29)17-7-4-14(8-19(17)38-2)11-37-23-16(10-33-37)9-30-22(35-23)20-21(15-5-6-15)31-13-32-24(20)39-3/h4,7-10,12-13,15H,5-6,11H2,1-3H3. The molecule has 6 rings (SSSR count). The quantitative estimate of drug-likeness (QED) is 0.296. The van der Waals surface area contributed by atoms with Crippen molar-refractivity contribution >= 4 is 11.0 Å². The van der Waals surface area contributed by atoms with Gasteiger partial charge < -0.3 is 14.0 Å². The predicted molar refractivity (Wildman–Crippen MR) is 134 cm³/mol. The third-order valence-corrected chi connectivity index (χ3v) is 6.60. The largest absolute Gasteiger partial charge is 0.496 e. The monoisotopic (exact) mass is 536 g/mol. The van der Waals surface area contributed by atoms with Crippen molar-refractivity contribution in [2.24, 2.45) is 7.05 Å². The van der Waals surface area contributed by atoms with E-state index in [1.54, 1.807) is 42.4 Å². The molecule has 0 aliphatic heterocycles. The van der Waals surface area contributed by atoms with Crippen LogP contribution in [0.5, 0.6) is 11.6 Å². The van der Waals surface area contributed by atoms with Crippen molar-refractivity contribution in [3.05, 3.63) is 60.2 Å². The van der Waals surface area contributed by atoms with Crippen molar-refractivity contribution in [1.29, 1.82) is 0 Å². The van der Waals surface area contributed by atoms with Crippen LogP contribution in [0.3, 0.4) is 0 Å². The van der Waals surface area contributed by atoms with Crippen LogP contribution >= 0.6 is 0 Å². The molecule has 0 N–H and O–H groups in total. The Morgan fingerprint density at radius 3 is 2.54 bits per heavy atom. The van der Waals surface area contributed by atoms with Crippen LogP contribution in [0.15, 0.2) is 43.1 Å². The van der Waals surface area contributed by atoms with Gasteiger partial charge in [-0.1, -0.05) is 6.07 Å². The zero-order valence-electron chi connectivity index (χ0n) is 21.3. The summed E-state index contributed by atoms with van der Waals surface area (Å²) in [5, 5.41) is 5.24. The lowest BCUT2D eigenvalue weighted by Gasteiger charge is -2.11. The summed E-state index contributed by atoms with van der Waals surface area (Å²) in [5.74, 6) is 0.616. The normalized spacial score (nSPS) is 13.7. The first kappa shape index (κ1) is 24.8. The first-order valence-electron chi connectivity index (χ1n) is 12.1. The Labute approximate surface area is 220 Å². The molecule has 1 aromatic carbocycles. The summed E-state index contributed by atoms with van der Waals surface area (Å²) in [6.07, 6.45) is 3.73. The van der Waals surface area contributed by atoms with E-state index >= 15 is 0 Å². The van der Waals surface area contributed by atoms with E-state index in [4.69, 9.17) is 14.5 Å². The fourth-order valence-electron chi connectivity index (χ4n) is 4.59. The fourth-order valence-corrected chi connectivity index (χ4v) is 4.59. The molecule has 0 radical (unpaired) electrons. The Hall–Kier alpha value is -4.55. The highest BCUT2D eigenvalue weighted by atomic mass is 19.4. The molecule has 0 atom stereocenters. The smallest absolute Gasteiger partial charge is 0.449 e. The van der Waals surface area contributed by atoms with Crippen LogP contribution in [0.25, 0.3) is 33.7 Å². The topological polar surface area (TPSA) is 106 Å². The van der Waals surface area contributed by atoms with Gasteiger partial charge in [0.15, 0.2) is 11.5 Å². The van der Waals surface area contributed by atoms with Crippen molar-refractivity contribution in [2.75, 3.05) is 14.2 Å². The highest BCUT2D eigenvalue weighted by Gasteiger charge is 2.36. The van der Waals surface area contributed by atoms with Gasteiger partial charge in [0, 0.05) is 30.9 Å². The van der Waals surface area contributed by atoms with E-state index in [1.807, 2.05) is 0 Å². The Bertz CT molecular complexity index is 1690. The molecule has 1 aliphatic carbocycles. The fraction of sp³-hybridized carbons (Fsp3) is 0.308. The summed E-state index contributed by atoms with van der Waals surface area (Å²) in [4.78, 5) is 21.9. The van der Waals surface area contributed by atoms with Crippen LogP contribution in [0, 0.1) is 0 Å². The molecule has 0 amide bonds. The van der Waals surface area contributed by atoms with Gasteiger partial charge in [-0.05, 0) is 30.5 Å². The first-order chi connectivity index (χ1) is 18.8. The van der Waals surface area contributed by atoms with Gasteiger partial charge in [0.2, 0.25) is 11.7 Å². The summed E-state index contributed by atoms with van der Waals surface area (Å²) >= 11 is 0. The third-order valence-electron chi connectivity index (χ3n) is 6.60. The van der Waals surface area contributed by atoms with Gasteiger partial charge >= 0.3 is 6.18 Å². The van der Waals surface area contributed by atoms with E-state index in [0.717, 1.165) is 34.1 Å². The van der Waals surface area contributed by atoms with Crippen LogP contribution in [0.4, 0.5) is 13.2 Å². The maximum Gasteiger partial charge on any atom is 0.449 e. The van der Waals surface area contributed by atoms with E-state index in [0.29, 0.717) is 46.7 Å². The van der Waals surface area contributed by atoms with Crippen LogP contribution in [0.1, 0.15) is 35.8 Å². The molecular weight excluding hydrogens is 513 g/mol. The zero-order valence-corrected chi connectivity index (χ0v) is 21.3. The summed E-state index contributed by atoms with van der Waals surface area (Å²) < 4.78 is 53.5. The number of halogens is 3. The number of imidazole rings is 1. The molecule has 1 aliphatic rings. The molecule has 1 fully saturated rings. The number of aryl methyl sites for hydroxylation is 1. The molecule has 4 aromatic heterocycles. The summed E-state index contributed by atoms with van der Waals surface area (Å²) in [6, 6.07) is 5.25. The van der Waals surface area contributed by atoms with Gasteiger partial charge in [-0.15, -0.1) is 0 Å². The molecule has 200 valence electrons. The molecule has 39 heavy (non-hydrogen) atoms. The molecule has 0 unspecified atom stereocenters. The number of nitrogens with zero attached hydrogens (tertiary/aromatic N) is 8. The average Bonchev–Trinajstić information content (AvgIpc) is 3.59. The Kier molecular flexibility index (Phi) is 5.92. The minimum atomic E-state index is -4.56. The maximum absolute atomic E-state index is 13.3. The van der Waals surface area contributed by atoms with Crippen molar-refractivity contribution < 1.29 is 22.6 Å². The minimum absolute atomic E-state index is 0.167. The van der Waals surface area contributed by atoms with Gasteiger partial charge in [-0.2, -0.15) is 18.3 Å². The van der Waals surface area contributed by atoms with E-state index in [-0.39, 0.29) is 5.69 Å². The number of rotatable bonds is 7. The minimum Gasteiger partial charge on any atom is -0.496 e. The van der Waals surface area contributed by atoms with Crippen LogP contribution in [0.2, 0.25) is 0 Å². The molecule has 10 nitrogen and oxygen atoms in total. The van der Waals surface area contributed by atoms with Crippen LogP contribution < -0.4 is 9.47 Å². The van der Waals surface area contributed by atoms with Crippen LogP contribution in [-0.4, -0.2) is 53.5 Å². The number of methoxy groups -OCH3 is 2. The molecule has 5 aromatic rings. The van der Waals surface area contributed by atoms with E-state index in [1.165, 1.54) is 26.7 Å². The second kappa shape index (κ2) is 9.33. The number of fused-ring (bicyclic) bond motifs is 1. The van der Waals surface area contributed by atoms with E-state index < -0.39 is 12.0 Å². The summed E-state index contributed by atoms with van der Waals surface area (Å²) in [5.41, 5.74) is 3.58. The maximum atomic E-state index is 13.3. The van der Waals surface area contributed by atoms with Crippen molar-refractivity contribution in [2.45, 2.75) is 31.5 Å². The van der Waals surface area contributed by atoms with Crippen molar-refractivity contribution in [3.63, 3.8) is 0 Å². The van der Waals surface area contributed by atoms with Crippen molar-refractivity contribution in [1.82, 2.24) is 39.3 Å². The summed E-state index contributed by atoms with van der Waals surface area (Å²) in [7, 11) is 4.33. The molecule has 1 saturated carbocycles. The number of benzene rings is 1. The molecule has 0 spiro atoms. The lowest BCUT2D eigenvalue weighted by molar-refractivity contribution is -0.146. The molecule has 0 saturated heterocycles. The van der Waals surface area contributed by atoms with Gasteiger partial charge in [-0.25, -0.2) is 29.6 Å². The number of hydrogen-bond acceptors (Lipinski definition) is 8. The van der Waals surface area contributed by atoms with E-state index in [2.05, 4.69) is 25.0 Å². The second-order valence-corrected chi connectivity index (χ2v) is 9.29. The van der Waals surface area contributed by atoms with Crippen LogP contribution in [-0.2, 0) is 19.8 Å². The number of hydrogen-bond donors (Lipinski definition) is 0. The number of ether oxygens (including phenoxy) is 2. The Balaban J connectivity index is 1.35. The van der Waals surface area contributed by atoms with Gasteiger partial charge in [0.25, 0.3) is 0 Å². The van der Waals surface area contributed by atoms with Gasteiger partial charge in [0.05, 0.1) is 43.7 Å². The predicted octanol–water partition coefficient (Wildman–Crippen LogP) is 4.65. The highest BCUT2D eigenvalue weighted by Crippen LogP contribution is 2.45. The second-order valence-electron chi connectivity index (χ2n) is 9.29. The van der Waals surface area contributed by atoms with E-state index in [9.17, 15) is 13.2 Å². The highest BCUT2D eigenvalue weighted by molar-refractivity contribution is 5.77. The lowest BCUT2D eigenvalue weighted by Crippen LogP contribution is -2.12. The average molecular weight is 537 g/mol. The molecule has 4 heterocycles. The summed E-state index contributed by atoms with van der Waals surface area (Å²) in [6.45, 7) is 0.338. The third kappa shape index (κ3) is 4.53. The van der Waals surface area contributed by atoms with Gasteiger partial charge in [-0.3, -0.25) is 0 Å². The number of aromatic nitrogens is 8. The molecular formula is C26H23F3N8O2.